The van der Waals surface area contributed by atoms with Gasteiger partial charge in [-0.3, -0.25) is 4.79 Å². The van der Waals surface area contributed by atoms with Gasteiger partial charge < -0.3 is 4.74 Å². The Labute approximate surface area is 81.4 Å². The molecule has 1 aromatic carbocycles. The third kappa shape index (κ3) is 3.08. The van der Waals surface area contributed by atoms with Crippen LogP contribution in [0.3, 0.4) is 0 Å². The second kappa shape index (κ2) is 2.63. The molecule has 0 unspecified atom stereocenters. The van der Waals surface area contributed by atoms with E-state index in [0.717, 1.165) is 0 Å². The molecule has 0 atom stereocenters. The van der Waals surface area contributed by atoms with Gasteiger partial charge in [0.1, 0.15) is 10.6 Å². The maximum Gasteiger partial charge on any atom is 0.310 e. The Hall–Kier alpha value is -1.31. The van der Waals surface area contributed by atoms with Crippen molar-refractivity contribution in [2.24, 2.45) is 0 Å². The zero-order valence-corrected chi connectivity index (χ0v) is 7.82. The summed E-state index contributed by atoms with van der Waals surface area (Å²) in [7, 11) is -9.62. The minimum absolute atomic E-state index is 0.0191. The lowest BCUT2D eigenvalue weighted by molar-refractivity contribution is -0.120. The van der Waals surface area contributed by atoms with Crippen molar-refractivity contribution in [3.63, 3.8) is 0 Å². The lowest BCUT2D eigenvalue weighted by Gasteiger charge is -2.40. The molecule has 0 aliphatic heterocycles. The van der Waals surface area contributed by atoms with Gasteiger partial charge in [0.2, 0.25) is 0 Å². The Morgan fingerprint density at radius 2 is 1.47 bits per heavy atom. The molecule has 0 saturated carbocycles. The number of halogens is 5. The molecule has 0 heterocycles. The Kier molecular flexibility index (Phi) is 2.06. The van der Waals surface area contributed by atoms with Crippen LogP contribution in [0.4, 0.5) is 19.4 Å². The summed E-state index contributed by atoms with van der Waals surface area (Å²) in [5.74, 6) is -0.240. The molecule has 86 valence electrons. The van der Waals surface area contributed by atoms with Crippen LogP contribution in [0.1, 0.15) is 0 Å². The van der Waals surface area contributed by atoms with Crippen LogP contribution in [-0.4, -0.2) is 6.47 Å². The number of carbonyl (C=O) groups excluding carboxylic acids is 1. The predicted octanol–water partition coefficient (Wildman–Crippen LogP) is 3.88. The summed E-state index contributed by atoms with van der Waals surface area (Å²) >= 11 is 0. The van der Waals surface area contributed by atoms with Crippen molar-refractivity contribution < 1.29 is 29.0 Å². The Morgan fingerprint density at radius 3 is 1.80 bits per heavy atom. The van der Waals surface area contributed by atoms with Crippen LogP contribution in [0, 0.1) is 0 Å². The van der Waals surface area contributed by atoms with E-state index < -0.39 is 15.1 Å². The van der Waals surface area contributed by atoms with Crippen LogP contribution in [0.15, 0.2) is 29.2 Å². The zero-order chi connectivity index (χ0) is 11.8. The fraction of sp³-hybridized carbons (Fsp3) is 0. The number of hydrogen-bond donors (Lipinski definition) is 0. The second-order valence-electron chi connectivity index (χ2n) is 2.65. The molecular formula is C7H5F5O2S. The van der Waals surface area contributed by atoms with Gasteiger partial charge in [-0.05, 0) is 24.3 Å². The topological polar surface area (TPSA) is 26.3 Å². The van der Waals surface area contributed by atoms with Gasteiger partial charge in [0, 0.05) is 0 Å². The molecule has 0 fully saturated rings. The first kappa shape index (κ1) is 11.8. The molecule has 0 spiro atoms. The maximum atomic E-state index is 12.2. The van der Waals surface area contributed by atoms with Crippen molar-refractivity contribution in [2.45, 2.75) is 4.90 Å². The van der Waals surface area contributed by atoms with E-state index in [4.69, 9.17) is 0 Å². The highest BCUT2D eigenvalue weighted by Crippen LogP contribution is 3.02. The van der Waals surface area contributed by atoms with Gasteiger partial charge in [0.05, 0.1) is 0 Å². The quantitative estimate of drug-likeness (QED) is 0.599. The van der Waals surface area contributed by atoms with Crippen molar-refractivity contribution in [3.05, 3.63) is 24.3 Å². The molecule has 0 radical (unpaired) electrons. The highest BCUT2D eigenvalue weighted by Gasteiger charge is 2.65. The van der Waals surface area contributed by atoms with E-state index in [1.807, 2.05) is 0 Å². The van der Waals surface area contributed by atoms with Gasteiger partial charge in [-0.2, -0.15) is 0 Å². The Morgan fingerprint density at radius 1 is 1.00 bits per heavy atom. The molecule has 15 heavy (non-hydrogen) atoms. The number of hydrogen-bond acceptors (Lipinski definition) is 2. The smallest absolute Gasteiger partial charge is 0.310 e. The van der Waals surface area contributed by atoms with E-state index >= 15 is 0 Å². The minimum Gasteiger partial charge on any atom is -0.429 e. The van der Waals surface area contributed by atoms with E-state index in [0.29, 0.717) is 12.1 Å². The average molecular weight is 248 g/mol. The van der Waals surface area contributed by atoms with Crippen molar-refractivity contribution in [1.82, 2.24) is 0 Å². The first-order valence-corrected chi connectivity index (χ1v) is 5.42. The predicted molar refractivity (Wildman–Crippen MR) is 44.5 cm³/mol. The van der Waals surface area contributed by atoms with Crippen LogP contribution in [0.5, 0.6) is 5.75 Å². The van der Waals surface area contributed by atoms with Crippen molar-refractivity contribution in [1.29, 1.82) is 0 Å². The molecule has 0 aromatic heterocycles. The number of rotatable bonds is 3. The van der Waals surface area contributed by atoms with Gasteiger partial charge in [-0.15, -0.1) is 0 Å². The Bertz CT molecular complexity index is 381. The zero-order valence-electron chi connectivity index (χ0n) is 7.00. The first-order valence-electron chi connectivity index (χ1n) is 3.47. The lowest BCUT2D eigenvalue weighted by Crippen LogP contribution is -2.05. The monoisotopic (exact) mass is 248 g/mol. The van der Waals surface area contributed by atoms with Gasteiger partial charge in [-0.1, -0.05) is 19.4 Å². The fourth-order valence-electron chi connectivity index (χ4n) is 0.831. The van der Waals surface area contributed by atoms with Crippen molar-refractivity contribution >= 4 is 16.7 Å². The van der Waals surface area contributed by atoms with E-state index in [2.05, 4.69) is 4.74 Å². The Balaban J connectivity index is 3.16. The average Bonchev–Trinajstić information content (AvgIpc) is 2.01. The van der Waals surface area contributed by atoms with Crippen molar-refractivity contribution in [2.75, 3.05) is 0 Å². The molecule has 8 heteroatoms. The minimum atomic E-state index is -9.62. The number of ether oxygens (including phenoxy) is 1. The highest BCUT2D eigenvalue weighted by molar-refractivity contribution is 8.45. The fourth-order valence-corrected chi connectivity index (χ4v) is 1.48. The molecule has 0 amide bonds. The molecule has 0 aliphatic carbocycles. The summed E-state index contributed by atoms with van der Waals surface area (Å²) in [4.78, 5) is 7.78. The summed E-state index contributed by atoms with van der Waals surface area (Å²) in [6.07, 6.45) is 0. The molecule has 1 aromatic rings. The summed E-state index contributed by atoms with van der Waals surface area (Å²) in [5.41, 5.74) is 0. The van der Waals surface area contributed by atoms with Crippen LogP contribution in [0.25, 0.3) is 0 Å². The van der Waals surface area contributed by atoms with Gasteiger partial charge in [0.25, 0.3) is 6.47 Å². The van der Waals surface area contributed by atoms with E-state index in [1.54, 1.807) is 0 Å². The third-order valence-corrected chi connectivity index (χ3v) is 2.62. The molecule has 0 aliphatic rings. The van der Waals surface area contributed by atoms with E-state index in [-0.39, 0.29) is 24.4 Å². The molecule has 0 N–H and O–H groups in total. The summed E-state index contributed by atoms with van der Waals surface area (Å²) < 4.78 is 64.9. The first-order chi connectivity index (χ1) is 6.53. The van der Waals surface area contributed by atoms with Gasteiger partial charge in [-0.25, -0.2) is 0 Å². The molecule has 0 saturated heterocycles. The van der Waals surface area contributed by atoms with Crippen LogP contribution in [-0.2, 0) is 4.79 Å². The number of benzene rings is 1. The third-order valence-electron chi connectivity index (χ3n) is 1.45. The van der Waals surface area contributed by atoms with Gasteiger partial charge >= 0.3 is 10.2 Å². The van der Waals surface area contributed by atoms with Crippen LogP contribution < -0.4 is 4.74 Å². The standard InChI is InChI=1S/C7H5F5O2S/c8-15(9,10,11,12)7-3-1-6(2-4-7)14-5-13/h1-5H. The molecule has 1 rings (SSSR count). The largest absolute Gasteiger partial charge is 0.429 e. The number of carbonyl (C=O) groups is 1. The summed E-state index contributed by atoms with van der Waals surface area (Å²) in [6.45, 7) is -0.0191. The summed E-state index contributed by atoms with van der Waals surface area (Å²) in [6, 6.07) is 1.62. The van der Waals surface area contributed by atoms with Crippen LogP contribution in [0.2, 0.25) is 0 Å². The highest BCUT2D eigenvalue weighted by atomic mass is 32.5. The molecule has 2 nitrogen and oxygen atoms in total. The maximum absolute atomic E-state index is 12.2. The lowest BCUT2D eigenvalue weighted by atomic mass is 10.3. The normalized spacial score (nSPS) is 16.3. The molecular weight excluding hydrogens is 243 g/mol. The van der Waals surface area contributed by atoms with E-state index in [1.165, 1.54) is 0 Å². The second-order valence-corrected chi connectivity index (χ2v) is 5.06. The SMILES string of the molecule is O=COc1ccc(S(F)(F)(F)(F)F)cc1. The van der Waals surface area contributed by atoms with Gasteiger partial charge in [0.15, 0.2) is 0 Å². The van der Waals surface area contributed by atoms with Crippen LogP contribution >= 0.6 is 10.2 Å². The van der Waals surface area contributed by atoms with Crippen molar-refractivity contribution in [3.8, 4) is 5.75 Å². The van der Waals surface area contributed by atoms with E-state index in [9.17, 15) is 24.2 Å². The molecule has 0 bridgehead atoms. The summed E-state index contributed by atoms with van der Waals surface area (Å²) in [5, 5.41) is 0.